The molecule has 0 heterocycles. The molecule has 21 heavy (non-hydrogen) atoms. The number of hydrogen-bond donors (Lipinski definition) is 1. The molecule has 1 aliphatic carbocycles. The summed E-state index contributed by atoms with van der Waals surface area (Å²) in [6, 6.07) is 9.94. The molecule has 4 heteroatoms. The molecule has 0 saturated heterocycles. The molecule has 1 unspecified atom stereocenters. The van der Waals surface area contributed by atoms with Gasteiger partial charge in [0.2, 0.25) is 0 Å². The van der Waals surface area contributed by atoms with Crippen molar-refractivity contribution in [2.24, 2.45) is 0 Å². The summed E-state index contributed by atoms with van der Waals surface area (Å²) < 4.78 is 5.24. The van der Waals surface area contributed by atoms with Crippen LogP contribution in [0.2, 0.25) is 0 Å². The SMILES string of the molecule is CCOC(=O)C(NC1CCC(SC)CC1)c1ccccc1. The number of benzene rings is 1. The Labute approximate surface area is 131 Å². The molecule has 1 atom stereocenters. The number of rotatable bonds is 6. The highest BCUT2D eigenvalue weighted by Gasteiger charge is 2.27. The van der Waals surface area contributed by atoms with Gasteiger partial charge in [-0.3, -0.25) is 5.32 Å². The Balaban J connectivity index is 2.01. The highest BCUT2D eigenvalue weighted by molar-refractivity contribution is 7.99. The van der Waals surface area contributed by atoms with E-state index in [9.17, 15) is 4.79 Å². The van der Waals surface area contributed by atoms with Crippen molar-refractivity contribution in [3.63, 3.8) is 0 Å². The molecule has 3 nitrogen and oxygen atoms in total. The van der Waals surface area contributed by atoms with E-state index < -0.39 is 0 Å². The molecule has 116 valence electrons. The number of esters is 1. The number of hydrogen-bond acceptors (Lipinski definition) is 4. The average molecular weight is 307 g/mol. The Kier molecular flexibility index (Phi) is 6.58. The van der Waals surface area contributed by atoms with Gasteiger partial charge >= 0.3 is 5.97 Å². The van der Waals surface area contributed by atoms with E-state index in [1.807, 2.05) is 49.0 Å². The van der Waals surface area contributed by atoms with Crippen molar-refractivity contribution in [2.45, 2.75) is 49.9 Å². The summed E-state index contributed by atoms with van der Waals surface area (Å²) in [5.41, 5.74) is 0.989. The van der Waals surface area contributed by atoms with E-state index in [0.717, 1.165) is 23.7 Å². The van der Waals surface area contributed by atoms with Crippen LogP contribution in [0.3, 0.4) is 0 Å². The zero-order valence-electron chi connectivity index (χ0n) is 12.9. The van der Waals surface area contributed by atoms with Gasteiger partial charge in [-0.05, 0) is 44.4 Å². The largest absolute Gasteiger partial charge is 0.465 e. The van der Waals surface area contributed by atoms with Crippen molar-refractivity contribution in [2.75, 3.05) is 12.9 Å². The average Bonchev–Trinajstić information content (AvgIpc) is 2.54. The van der Waals surface area contributed by atoms with Crippen LogP contribution in [0, 0.1) is 0 Å². The van der Waals surface area contributed by atoms with Crippen molar-refractivity contribution in [3.05, 3.63) is 35.9 Å². The third kappa shape index (κ3) is 4.75. The van der Waals surface area contributed by atoms with E-state index >= 15 is 0 Å². The Bertz CT molecular complexity index is 430. The lowest BCUT2D eigenvalue weighted by Crippen LogP contribution is -2.40. The van der Waals surface area contributed by atoms with Gasteiger partial charge in [0, 0.05) is 11.3 Å². The van der Waals surface area contributed by atoms with Gasteiger partial charge in [-0.2, -0.15) is 11.8 Å². The quantitative estimate of drug-likeness (QED) is 0.816. The van der Waals surface area contributed by atoms with Crippen LogP contribution in [-0.4, -0.2) is 30.1 Å². The molecule has 0 bridgehead atoms. The fraction of sp³-hybridized carbons (Fsp3) is 0.588. The minimum Gasteiger partial charge on any atom is -0.465 e. The topological polar surface area (TPSA) is 38.3 Å². The molecule has 1 saturated carbocycles. The second kappa shape index (κ2) is 8.44. The predicted molar refractivity (Wildman–Crippen MR) is 88.5 cm³/mol. The second-order valence-electron chi connectivity index (χ2n) is 5.47. The molecular formula is C17H25NO2S. The fourth-order valence-corrected chi connectivity index (χ4v) is 3.62. The van der Waals surface area contributed by atoms with Crippen LogP contribution in [0.15, 0.2) is 30.3 Å². The molecule has 2 rings (SSSR count). The van der Waals surface area contributed by atoms with E-state index in [0.29, 0.717) is 12.6 Å². The maximum absolute atomic E-state index is 12.2. The van der Waals surface area contributed by atoms with Crippen molar-refractivity contribution in [1.29, 1.82) is 0 Å². The normalized spacial score (nSPS) is 23.5. The summed E-state index contributed by atoms with van der Waals surface area (Å²) in [6.07, 6.45) is 6.90. The molecule has 0 aromatic heterocycles. The van der Waals surface area contributed by atoms with E-state index in [1.165, 1.54) is 12.8 Å². The van der Waals surface area contributed by atoms with Crippen LogP contribution >= 0.6 is 11.8 Å². The number of carbonyl (C=O) groups is 1. The Morgan fingerprint density at radius 1 is 1.29 bits per heavy atom. The first-order valence-corrected chi connectivity index (χ1v) is 9.03. The zero-order valence-corrected chi connectivity index (χ0v) is 13.7. The first-order chi connectivity index (χ1) is 10.2. The molecule has 1 N–H and O–H groups in total. The van der Waals surface area contributed by atoms with Gasteiger partial charge in [-0.25, -0.2) is 4.79 Å². The highest BCUT2D eigenvalue weighted by Crippen LogP contribution is 2.28. The second-order valence-corrected chi connectivity index (χ2v) is 6.61. The van der Waals surface area contributed by atoms with Gasteiger partial charge in [-0.15, -0.1) is 0 Å². The van der Waals surface area contributed by atoms with Crippen molar-refractivity contribution in [3.8, 4) is 0 Å². The molecule has 1 aromatic carbocycles. The summed E-state index contributed by atoms with van der Waals surface area (Å²) >= 11 is 1.96. The molecule has 0 radical (unpaired) electrons. The van der Waals surface area contributed by atoms with E-state index in [4.69, 9.17) is 4.74 Å². The van der Waals surface area contributed by atoms with Crippen LogP contribution in [0.25, 0.3) is 0 Å². The number of thioether (sulfide) groups is 1. The van der Waals surface area contributed by atoms with E-state index in [-0.39, 0.29) is 12.0 Å². The first-order valence-electron chi connectivity index (χ1n) is 7.75. The molecule has 1 fully saturated rings. The Hall–Kier alpha value is -1.00. The minimum absolute atomic E-state index is 0.171. The lowest BCUT2D eigenvalue weighted by molar-refractivity contribution is -0.146. The standard InChI is InChI=1S/C17H25NO2S/c1-3-20-17(19)16(13-7-5-4-6-8-13)18-14-9-11-15(21-2)12-10-14/h4-8,14-16,18H,3,9-12H2,1-2H3. The summed E-state index contributed by atoms with van der Waals surface area (Å²) in [4.78, 5) is 12.2. The number of carbonyl (C=O) groups excluding carboxylic acids is 1. The smallest absolute Gasteiger partial charge is 0.327 e. The van der Waals surface area contributed by atoms with Crippen LogP contribution in [0.1, 0.15) is 44.2 Å². The first kappa shape index (κ1) is 16.4. The zero-order chi connectivity index (χ0) is 15.1. The van der Waals surface area contributed by atoms with Crippen LogP contribution in [0.5, 0.6) is 0 Å². The molecule has 1 aliphatic rings. The molecule has 1 aromatic rings. The summed E-state index contributed by atoms with van der Waals surface area (Å²) in [6.45, 7) is 2.27. The maximum atomic E-state index is 12.2. The third-order valence-electron chi connectivity index (χ3n) is 4.07. The van der Waals surface area contributed by atoms with Gasteiger partial charge < -0.3 is 4.74 Å². The fourth-order valence-electron chi connectivity index (χ4n) is 2.87. The van der Waals surface area contributed by atoms with Gasteiger partial charge in [0.25, 0.3) is 0 Å². The summed E-state index contributed by atoms with van der Waals surface area (Å²) in [5, 5.41) is 4.30. The minimum atomic E-state index is -0.345. The lowest BCUT2D eigenvalue weighted by Gasteiger charge is -2.31. The van der Waals surface area contributed by atoms with Crippen molar-refractivity contribution < 1.29 is 9.53 Å². The van der Waals surface area contributed by atoms with Crippen LogP contribution in [-0.2, 0) is 9.53 Å². The summed E-state index contributed by atoms with van der Waals surface area (Å²) in [7, 11) is 0. The van der Waals surface area contributed by atoms with Gasteiger partial charge in [0.1, 0.15) is 6.04 Å². The molecule has 0 amide bonds. The third-order valence-corrected chi connectivity index (χ3v) is 5.20. The van der Waals surface area contributed by atoms with Gasteiger partial charge in [-0.1, -0.05) is 30.3 Å². The van der Waals surface area contributed by atoms with Crippen LogP contribution in [0.4, 0.5) is 0 Å². The van der Waals surface area contributed by atoms with Crippen molar-refractivity contribution >= 4 is 17.7 Å². The van der Waals surface area contributed by atoms with E-state index in [2.05, 4.69) is 11.6 Å². The Morgan fingerprint density at radius 3 is 2.52 bits per heavy atom. The molecular weight excluding hydrogens is 282 g/mol. The number of ether oxygens (including phenoxy) is 1. The lowest BCUT2D eigenvalue weighted by atomic mass is 9.93. The molecule has 0 spiro atoms. The van der Waals surface area contributed by atoms with Gasteiger partial charge in [0.15, 0.2) is 0 Å². The van der Waals surface area contributed by atoms with Gasteiger partial charge in [0.05, 0.1) is 6.61 Å². The summed E-state index contributed by atoms with van der Waals surface area (Å²) in [5.74, 6) is -0.171. The number of nitrogens with one attached hydrogen (secondary N) is 1. The van der Waals surface area contributed by atoms with E-state index in [1.54, 1.807) is 0 Å². The maximum Gasteiger partial charge on any atom is 0.327 e. The van der Waals surface area contributed by atoms with Crippen LogP contribution < -0.4 is 5.32 Å². The Morgan fingerprint density at radius 2 is 1.95 bits per heavy atom. The van der Waals surface area contributed by atoms with Crippen molar-refractivity contribution in [1.82, 2.24) is 5.32 Å². The predicted octanol–water partition coefficient (Wildman–Crippen LogP) is 3.55. The monoisotopic (exact) mass is 307 g/mol. The highest BCUT2D eigenvalue weighted by atomic mass is 32.2. The molecule has 0 aliphatic heterocycles.